The first-order valence-electron chi connectivity index (χ1n) is 8.37. The summed E-state index contributed by atoms with van der Waals surface area (Å²) in [6, 6.07) is 8.19. The van der Waals surface area contributed by atoms with Gasteiger partial charge in [0.1, 0.15) is 5.82 Å². The van der Waals surface area contributed by atoms with Crippen LogP contribution in [0.15, 0.2) is 34.1 Å². The summed E-state index contributed by atoms with van der Waals surface area (Å²) in [5, 5.41) is 0.604. The summed E-state index contributed by atoms with van der Waals surface area (Å²) in [6.07, 6.45) is 0. The fourth-order valence-corrected chi connectivity index (χ4v) is 4.98. The zero-order valence-corrected chi connectivity index (χ0v) is 19.0. The van der Waals surface area contributed by atoms with Crippen molar-refractivity contribution in [2.45, 2.75) is 13.8 Å². The van der Waals surface area contributed by atoms with E-state index in [0.717, 1.165) is 28.1 Å². The second-order valence-electron chi connectivity index (χ2n) is 5.70. The second-order valence-corrected chi connectivity index (χ2v) is 9.17. The Labute approximate surface area is 180 Å². The first-order valence-corrected chi connectivity index (χ1v) is 10.8. The smallest absolute Gasteiger partial charge is 0.270 e. The molecule has 0 aliphatic rings. The van der Waals surface area contributed by atoms with Gasteiger partial charge in [-0.1, -0.05) is 25.2 Å². The van der Waals surface area contributed by atoms with E-state index in [1.807, 2.05) is 12.1 Å². The minimum atomic E-state index is -0.295. The molecule has 0 atom stereocenters. The lowest BCUT2D eigenvalue weighted by atomic mass is 10.3. The van der Waals surface area contributed by atoms with E-state index in [2.05, 4.69) is 39.7 Å². The fourth-order valence-electron chi connectivity index (χ4n) is 2.63. The second kappa shape index (κ2) is 9.93. The molecule has 0 unspecified atom stereocenters. The number of halogens is 3. The van der Waals surface area contributed by atoms with E-state index in [0.29, 0.717) is 22.1 Å². The molecule has 2 heterocycles. The molecule has 9 heteroatoms. The molecule has 0 fully saturated rings. The van der Waals surface area contributed by atoms with Gasteiger partial charge in [-0.2, -0.15) is 0 Å². The van der Waals surface area contributed by atoms with Gasteiger partial charge < -0.3 is 4.90 Å². The first kappa shape index (κ1) is 22.2. The minimum absolute atomic E-state index is 0. The van der Waals surface area contributed by atoms with Crippen molar-refractivity contribution in [1.82, 2.24) is 9.88 Å². The number of thiophene rings is 1. The Morgan fingerprint density at radius 1 is 1.15 bits per heavy atom. The fraction of sp³-hybridized carbons (Fsp3) is 0.333. The molecule has 4 nitrogen and oxygen atoms in total. The topological polar surface area (TPSA) is 36.4 Å². The van der Waals surface area contributed by atoms with E-state index in [-0.39, 0.29) is 24.1 Å². The number of aromatic nitrogens is 1. The highest BCUT2D eigenvalue weighted by Gasteiger charge is 2.23. The minimum Gasteiger partial charge on any atom is -0.302 e. The van der Waals surface area contributed by atoms with Crippen LogP contribution in [-0.4, -0.2) is 42.0 Å². The third-order valence-corrected chi connectivity index (χ3v) is 6.79. The Morgan fingerprint density at radius 3 is 2.52 bits per heavy atom. The number of amides is 1. The van der Waals surface area contributed by atoms with Crippen LogP contribution in [0.5, 0.6) is 0 Å². The van der Waals surface area contributed by atoms with Crippen molar-refractivity contribution >= 4 is 72.3 Å². The highest BCUT2D eigenvalue weighted by atomic mass is 79.9. The molecule has 1 amide bonds. The van der Waals surface area contributed by atoms with Crippen LogP contribution < -0.4 is 4.90 Å². The molecule has 0 radical (unpaired) electrons. The zero-order valence-electron chi connectivity index (χ0n) is 14.9. The number of carbonyl (C=O) groups is 1. The Morgan fingerprint density at radius 2 is 1.89 bits per heavy atom. The Bertz CT molecular complexity index is 913. The molecule has 0 saturated carbocycles. The van der Waals surface area contributed by atoms with E-state index < -0.39 is 0 Å². The average molecular weight is 493 g/mol. The molecule has 3 aromatic rings. The SMILES string of the molecule is CCN(CC)CCN(C(=O)c1ccc(Br)s1)c1nc2ccc(F)cc2s1.Cl. The number of likely N-dealkylation sites (N-methyl/N-ethyl adjacent to an activating group) is 1. The molecule has 0 N–H and O–H groups in total. The largest absolute Gasteiger partial charge is 0.302 e. The lowest BCUT2D eigenvalue weighted by molar-refractivity contribution is 0.0987. The van der Waals surface area contributed by atoms with Crippen molar-refractivity contribution in [3.63, 3.8) is 0 Å². The van der Waals surface area contributed by atoms with Crippen LogP contribution in [0, 0.1) is 5.82 Å². The van der Waals surface area contributed by atoms with E-state index in [9.17, 15) is 9.18 Å². The predicted octanol–water partition coefficient (Wildman–Crippen LogP) is 5.67. The number of rotatable bonds is 7. The van der Waals surface area contributed by atoms with Crippen molar-refractivity contribution in [1.29, 1.82) is 0 Å². The molecule has 0 bridgehead atoms. The number of hydrogen-bond acceptors (Lipinski definition) is 5. The number of nitrogens with zero attached hydrogens (tertiary/aromatic N) is 3. The zero-order chi connectivity index (χ0) is 18.7. The van der Waals surface area contributed by atoms with Crippen molar-refractivity contribution < 1.29 is 9.18 Å². The van der Waals surface area contributed by atoms with Gasteiger partial charge in [0.15, 0.2) is 5.13 Å². The van der Waals surface area contributed by atoms with Gasteiger partial charge in [0.25, 0.3) is 5.91 Å². The van der Waals surface area contributed by atoms with Gasteiger partial charge in [0.2, 0.25) is 0 Å². The summed E-state index contributed by atoms with van der Waals surface area (Å²) in [5.41, 5.74) is 0.708. The van der Waals surface area contributed by atoms with Crippen LogP contribution in [-0.2, 0) is 0 Å². The summed E-state index contributed by atoms with van der Waals surface area (Å²) in [4.78, 5) is 22.3. The molecule has 27 heavy (non-hydrogen) atoms. The van der Waals surface area contributed by atoms with Crippen LogP contribution >= 0.6 is 51.0 Å². The van der Waals surface area contributed by atoms with Gasteiger partial charge >= 0.3 is 0 Å². The van der Waals surface area contributed by atoms with Crippen molar-refractivity contribution in [2.24, 2.45) is 0 Å². The Balaban J connectivity index is 0.00000261. The van der Waals surface area contributed by atoms with Gasteiger partial charge in [0.05, 0.1) is 18.9 Å². The molecule has 146 valence electrons. The summed E-state index contributed by atoms with van der Waals surface area (Å²) < 4.78 is 15.2. The van der Waals surface area contributed by atoms with Crippen molar-refractivity contribution in [2.75, 3.05) is 31.1 Å². The molecule has 2 aromatic heterocycles. The van der Waals surface area contributed by atoms with Gasteiger partial charge in [-0.25, -0.2) is 9.37 Å². The summed E-state index contributed by atoms with van der Waals surface area (Å²) >= 11 is 6.16. The number of hydrogen-bond donors (Lipinski definition) is 0. The van der Waals surface area contributed by atoms with Gasteiger partial charge in [-0.15, -0.1) is 23.7 Å². The Hall–Kier alpha value is -1.06. The predicted molar refractivity (Wildman–Crippen MR) is 118 cm³/mol. The molecule has 0 aliphatic heterocycles. The quantitative estimate of drug-likeness (QED) is 0.426. The van der Waals surface area contributed by atoms with Crippen molar-refractivity contribution in [3.05, 3.63) is 44.8 Å². The lowest BCUT2D eigenvalue weighted by Crippen LogP contribution is -2.38. The number of carbonyl (C=O) groups excluding carboxylic acids is 1. The lowest BCUT2D eigenvalue weighted by Gasteiger charge is -2.24. The monoisotopic (exact) mass is 491 g/mol. The van der Waals surface area contributed by atoms with E-state index in [4.69, 9.17) is 0 Å². The average Bonchev–Trinajstić information content (AvgIpc) is 3.24. The molecule has 0 aliphatic carbocycles. The number of fused-ring (bicyclic) bond motifs is 1. The van der Waals surface area contributed by atoms with Gasteiger partial charge in [-0.3, -0.25) is 9.69 Å². The van der Waals surface area contributed by atoms with E-state index in [1.165, 1.54) is 34.8 Å². The summed E-state index contributed by atoms with van der Waals surface area (Å²) in [7, 11) is 0. The Kier molecular flexibility index (Phi) is 8.18. The standard InChI is InChI=1S/C18H19BrFN3OS2.ClH/c1-3-22(4-2)9-10-23(17(24)14-7-8-16(19)25-14)18-21-13-6-5-12(20)11-15(13)26-18;/h5-8,11H,3-4,9-10H2,1-2H3;1H. The summed E-state index contributed by atoms with van der Waals surface area (Å²) in [5.74, 6) is -0.372. The maximum absolute atomic E-state index is 13.5. The summed E-state index contributed by atoms with van der Waals surface area (Å²) in [6.45, 7) is 7.36. The van der Waals surface area contributed by atoms with Crippen LogP contribution in [0.4, 0.5) is 9.52 Å². The van der Waals surface area contributed by atoms with E-state index >= 15 is 0 Å². The third kappa shape index (κ3) is 5.26. The van der Waals surface area contributed by atoms with Gasteiger partial charge in [-0.05, 0) is 59.4 Å². The molecule has 3 rings (SSSR count). The number of anilines is 1. The van der Waals surface area contributed by atoms with Crippen molar-refractivity contribution in [3.8, 4) is 0 Å². The molecule has 0 saturated heterocycles. The van der Waals surface area contributed by atoms with E-state index in [1.54, 1.807) is 11.0 Å². The highest BCUT2D eigenvalue weighted by molar-refractivity contribution is 9.11. The highest BCUT2D eigenvalue weighted by Crippen LogP contribution is 2.31. The molecular weight excluding hydrogens is 473 g/mol. The molecule has 1 aromatic carbocycles. The normalized spacial score (nSPS) is 11.0. The third-order valence-electron chi connectivity index (χ3n) is 4.13. The van der Waals surface area contributed by atoms with Crippen LogP contribution in [0.1, 0.15) is 23.5 Å². The molecule has 0 spiro atoms. The first-order chi connectivity index (χ1) is 12.5. The maximum atomic E-state index is 13.5. The van der Waals surface area contributed by atoms with Crippen LogP contribution in [0.2, 0.25) is 0 Å². The van der Waals surface area contributed by atoms with Crippen LogP contribution in [0.25, 0.3) is 10.2 Å². The van der Waals surface area contributed by atoms with Crippen LogP contribution in [0.3, 0.4) is 0 Å². The number of benzene rings is 1. The number of thiazole rings is 1. The maximum Gasteiger partial charge on any atom is 0.270 e. The van der Waals surface area contributed by atoms with Gasteiger partial charge in [0, 0.05) is 13.1 Å². The molecular formula is C18H20BrClFN3OS2.